The molecular formula is C13H21FN2O3S. The molecule has 0 saturated heterocycles. The first kappa shape index (κ1) is 16.7. The Kier molecular flexibility index (Phi) is 5.76. The highest BCUT2D eigenvalue weighted by molar-refractivity contribution is 7.93. The summed E-state index contributed by atoms with van der Waals surface area (Å²) in [6, 6.07) is 4.04. The van der Waals surface area contributed by atoms with Gasteiger partial charge in [0.1, 0.15) is 0 Å². The van der Waals surface area contributed by atoms with E-state index in [0.29, 0.717) is 6.54 Å². The van der Waals surface area contributed by atoms with Gasteiger partial charge in [0.15, 0.2) is 11.6 Å². The molecule has 0 saturated carbocycles. The lowest BCUT2D eigenvalue weighted by atomic mass is 10.3. The molecule has 7 heteroatoms. The van der Waals surface area contributed by atoms with Gasteiger partial charge in [-0.1, -0.05) is 13.8 Å². The summed E-state index contributed by atoms with van der Waals surface area (Å²) in [5.74, 6) is -0.539. The van der Waals surface area contributed by atoms with E-state index >= 15 is 0 Å². The maximum Gasteiger partial charge on any atom is 0.236 e. The molecule has 0 bridgehead atoms. The van der Waals surface area contributed by atoms with Gasteiger partial charge in [0.2, 0.25) is 10.0 Å². The van der Waals surface area contributed by atoms with Gasteiger partial charge in [0, 0.05) is 18.7 Å². The number of hydrogen-bond acceptors (Lipinski definition) is 4. The molecule has 0 heterocycles. The van der Waals surface area contributed by atoms with Crippen LogP contribution >= 0.6 is 0 Å². The standard InChI is InChI=1S/C13H21FN2O3S/c1-9(2)15-8-10(3)20(17,18)16-11-5-6-12(14)13(7-11)19-4/h5-7,9-10,15-16H,8H2,1-4H3. The van der Waals surface area contributed by atoms with Gasteiger partial charge in [-0.25, -0.2) is 12.8 Å². The predicted molar refractivity (Wildman–Crippen MR) is 78.1 cm³/mol. The van der Waals surface area contributed by atoms with Crippen LogP contribution in [0.25, 0.3) is 0 Å². The largest absolute Gasteiger partial charge is 0.494 e. The van der Waals surface area contributed by atoms with E-state index in [1.165, 1.54) is 19.2 Å². The number of anilines is 1. The summed E-state index contributed by atoms with van der Waals surface area (Å²) >= 11 is 0. The molecule has 0 aliphatic rings. The number of nitrogens with one attached hydrogen (secondary N) is 2. The topological polar surface area (TPSA) is 67.4 Å². The highest BCUT2D eigenvalue weighted by Gasteiger charge is 2.21. The van der Waals surface area contributed by atoms with Crippen molar-refractivity contribution in [3.8, 4) is 5.75 Å². The van der Waals surface area contributed by atoms with Crippen molar-refractivity contribution in [1.82, 2.24) is 5.32 Å². The van der Waals surface area contributed by atoms with Gasteiger partial charge in [-0.15, -0.1) is 0 Å². The Bertz CT molecular complexity index is 547. The predicted octanol–water partition coefficient (Wildman–Crippen LogP) is 1.96. The van der Waals surface area contributed by atoms with Gasteiger partial charge in [0.25, 0.3) is 0 Å². The van der Waals surface area contributed by atoms with E-state index in [9.17, 15) is 12.8 Å². The molecule has 20 heavy (non-hydrogen) atoms. The Labute approximate surface area is 119 Å². The van der Waals surface area contributed by atoms with Crippen molar-refractivity contribution in [3.63, 3.8) is 0 Å². The van der Waals surface area contributed by atoms with Gasteiger partial charge in [-0.05, 0) is 19.1 Å². The minimum atomic E-state index is -3.54. The zero-order chi connectivity index (χ0) is 15.3. The summed E-state index contributed by atoms with van der Waals surface area (Å²) in [6.45, 7) is 5.83. The van der Waals surface area contributed by atoms with Crippen LogP contribution in [0.3, 0.4) is 0 Å². The van der Waals surface area contributed by atoms with Gasteiger partial charge < -0.3 is 10.1 Å². The fourth-order valence-electron chi connectivity index (χ4n) is 1.50. The van der Waals surface area contributed by atoms with E-state index in [1.807, 2.05) is 13.8 Å². The summed E-state index contributed by atoms with van der Waals surface area (Å²) in [6.07, 6.45) is 0. The van der Waals surface area contributed by atoms with Crippen molar-refractivity contribution in [2.75, 3.05) is 18.4 Å². The Morgan fingerprint density at radius 3 is 2.50 bits per heavy atom. The van der Waals surface area contributed by atoms with Crippen LogP contribution in [0.4, 0.5) is 10.1 Å². The number of methoxy groups -OCH3 is 1. The molecule has 0 amide bonds. The van der Waals surface area contributed by atoms with Crippen LogP contribution in [-0.4, -0.2) is 33.4 Å². The zero-order valence-electron chi connectivity index (χ0n) is 12.1. The lowest BCUT2D eigenvalue weighted by Gasteiger charge is -2.17. The highest BCUT2D eigenvalue weighted by atomic mass is 32.2. The third kappa shape index (κ3) is 4.64. The normalized spacial score (nSPS) is 13.3. The van der Waals surface area contributed by atoms with Crippen molar-refractivity contribution < 1.29 is 17.5 Å². The molecule has 0 radical (unpaired) electrons. The van der Waals surface area contributed by atoms with E-state index in [4.69, 9.17) is 4.74 Å². The number of rotatable bonds is 7. The van der Waals surface area contributed by atoms with Crippen LogP contribution in [-0.2, 0) is 10.0 Å². The number of ether oxygens (including phenoxy) is 1. The lowest BCUT2D eigenvalue weighted by molar-refractivity contribution is 0.387. The molecule has 1 atom stereocenters. The van der Waals surface area contributed by atoms with Crippen molar-refractivity contribution in [1.29, 1.82) is 0 Å². The molecule has 114 valence electrons. The minimum Gasteiger partial charge on any atom is -0.494 e. The fourth-order valence-corrected chi connectivity index (χ4v) is 2.47. The Hall–Kier alpha value is -1.34. The maximum absolute atomic E-state index is 13.3. The first-order valence-electron chi connectivity index (χ1n) is 6.35. The van der Waals surface area contributed by atoms with Gasteiger partial charge >= 0.3 is 0 Å². The first-order valence-corrected chi connectivity index (χ1v) is 7.89. The van der Waals surface area contributed by atoms with Gasteiger partial charge in [0.05, 0.1) is 18.0 Å². The van der Waals surface area contributed by atoms with Crippen molar-refractivity contribution in [3.05, 3.63) is 24.0 Å². The summed E-state index contributed by atoms with van der Waals surface area (Å²) in [7, 11) is -2.21. The molecule has 0 fully saturated rings. The number of benzene rings is 1. The van der Waals surface area contributed by atoms with Gasteiger partial charge in [-0.3, -0.25) is 4.72 Å². The van der Waals surface area contributed by atoms with Crippen molar-refractivity contribution in [2.24, 2.45) is 0 Å². The Morgan fingerprint density at radius 1 is 1.30 bits per heavy atom. The summed E-state index contributed by atoms with van der Waals surface area (Å²) in [5, 5.41) is 2.45. The summed E-state index contributed by atoms with van der Waals surface area (Å²) < 4.78 is 44.7. The molecule has 1 aromatic rings. The van der Waals surface area contributed by atoms with E-state index < -0.39 is 21.1 Å². The van der Waals surface area contributed by atoms with Crippen LogP contribution in [0.1, 0.15) is 20.8 Å². The van der Waals surface area contributed by atoms with Crippen LogP contribution < -0.4 is 14.8 Å². The fraction of sp³-hybridized carbons (Fsp3) is 0.538. The van der Waals surface area contributed by atoms with E-state index in [2.05, 4.69) is 10.0 Å². The highest BCUT2D eigenvalue weighted by Crippen LogP contribution is 2.22. The smallest absolute Gasteiger partial charge is 0.236 e. The number of sulfonamides is 1. The zero-order valence-corrected chi connectivity index (χ0v) is 12.9. The maximum atomic E-state index is 13.3. The molecule has 0 aliphatic carbocycles. The quantitative estimate of drug-likeness (QED) is 0.808. The molecule has 1 unspecified atom stereocenters. The van der Waals surface area contributed by atoms with Crippen molar-refractivity contribution >= 4 is 15.7 Å². The first-order chi connectivity index (χ1) is 9.26. The summed E-state index contributed by atoms with van der Waals surface area (Å²) in [5.41, 5.74) is 0.277. The third-order valence-corrected chi connectivity index (χ3v) is 4.50. The number of hydrogen-bond donors (Lipinski definition) is 2. The second-order valence-corrected chi connectivity index (χ2v) is 6.97. The van der Waals surface area contributed by atoms with E-state index in [-0.39, 0.29) is 17.5 Å². The molecule has 0 aromatic heterocycles. The monoisotopic (exact) mass is 304 g/mol. The molecule has 1 aromatic carbocycles. The molecular weight excluding hydrogens is 283 g/mol. The average molecular weight is 304 g/mol. The average Bonchev–Trinajstić information content (AvgIpc) is 2.37. The Balaban J connectivity index is 2.80. The van der Waals surface area contributed by atoms with Crippen LogP contribution in [0.2, 0.25) is 0 Å². The van der Waals surface area contributed by atoms with E-state index in [0.717, 1.165) is 6.07 Å². The molecule has 2 N–H and O–H groups in total. The minimum absolute atomic E-state index is 0.00171. The van der Waals surface area contributed by atoms with Crippen LogP contribution in [0.15, 0.2) is 18.2 Å². The van der Waals surface area contributed by atoms with Crippen molar-refractivity contribution in [2.45, 2.75) is 32.1 Å². The Morgan fingerprint density at radius 2 is 1.95 bits per heavy atom. The third-order valence-electron chi connectivity index (χ3n) is 2.75. The molecule has 5 nitrogen and oxygen atoms in total. The lowest BCUT2D eigenvalue weighted by Crippen LogP contribution is -2.37. The second-order valence-electron chi connectivity index (χ2n) is 4.87. The van der Waals surface area contributed by atoms with E-state index in [1.54, 1.807) is 6.92 Å². The summed E-state index contributed by atoms with van der Waals surface area (Å²) in [4.78, 5) is 0. The van der Waals surface area contributed by atoms with Gasteiger partial charge in [-0.2, -0.15) is 0 Å². The van der Waals surface area contributed by atoms with Crippen LogP contribution in [0.5, 0.6) is 5.75 Å². The molecule has 0 aliphatic heterocycles. The molecule has 0 spiro atoms. The molecule has 1 rings (SSSR count). The SMILES string of the molecule is COc1cc(NS(=O)(=O)C(C)CNC(C)C)ccc1F. The second kappa shape index (κ2) is 6.90. The van der Waals surface area contributed by atoms with Crippen LogP contribution in [0, 0.1) is 5.82 Å². The number of halogens is 1.